The predicted octanol–water partition coefficient (Wildman–Crippen LogP) is 2.83. The lowest BCUT2D eigenvalue weighted by Gasteiger charge is -2.23. The molecule has 1 aromatic carbocycles. The van der Waals surface area contributed by atoms with Crippen LogP contribution in [-0.4, -0.2) is 19.3 Å². The molecule has 3 nitrogen and oxygen atoms in total. The van der Waals surface area contributed by atoms with E-state index in [-0.39, 0.29) is 0 Å². The first kappa shape index (κ1) is 11.6. The third-order valence-electron chi connectivity index (χ3n) is 3.56. The molecule has 0 fully saturated rings. The molecule has 0 saturated carbocycles. The van der Waals surface area contributed by atoms with Gasteiger partial charge in [0.15, 0.2) is 11.5 Å². The van der Waals surface area contributed by atoms with Gasteiger partial charge in [-0.25, -0.2) is 0 Å². The first-order valence-corrected chi connectivity index (χ1v) is 6.63. The van der Waals surface area contributed by atoms with Gasteiger partial charge in [0, 0.05) is 12.1 Å². The second kappa shape index (κ2) is 5.02. The van der Waals surface area contributed by atoms with E-state index >= 15 is 0 Å². The van der Waals surface area contributed by atoms with E-state index in [0.29, 0.717) is 25.3 Å². The van der Waals surface area contributed by atoms with Gasteiger partial charge >= 0.3 is 0 Å². The van der Waals surface area contributed by atoms with E-state index in [2.05, 4.69) is 36.5 Å². The highest BCUT2D eigenvalue weighted by Crippen LogP contribution is 2.32. The maximum Gasteiger partial charge on any atom is 0.161 e. The molecule has 18 heavy (non-hydrogen) atoms. The van der Waals surface area contributed by atoms with Crippen molar-refractivity contribution < 1.29 is 9.47 Å². The molecule has 1 atom stereocenters. The third kappa shape index (κ3) is 2.36. The van der Waals surface area contributed by atoms with E-state index < -0.39 is 0 Å². The van der Waals surface area contributed by atoms with Crippen molar-refractivity contribution in [3.8, 4) is 11.5 Å². The Bertz CT molecular complexity index is 448. The molecule has 1 unspecified atom stereocenters. The Morgan fingerprint density at radius 1 is 1.11 bits per heavy atom. The number of fused-ring (bicyclic) bond motifs is 1. The highest BCUT2D eigenvalue weighted by atomic mass is 16.6. The normalized spacial score (nSPS) is 20.1. The van der Waals surface area contributed by atoms with Crippen molar-refractivity contribution in [1.29, 1.82) is 0 Å². The minimum absolute atomic E-state index is 0.339. The SMILES string of the molecule is CC(NC1CC=CC1)c1ccc2c(c1)OCCO2. The average Bonchev–Trinajstić information content (AvgIpc) is 2.91. The van der Waals surface area contributed by atoms with Crippen LogP contribution in [0.4, 0.5) is 0 Å². The molecule has 0 spiro atoms. The Morgan fingerprint density at radius 3 is 2.61 bits per heavy atom. The molecule has 1 aliphatic carbocycles. The van der Waals surface area contributed by atoms with E-state index in [4.69, 9.17) is 9.47 Å². The van der Waals surface area contributed by atoms with Crippen LogP contribution in [0.25, 0.3) is 0 Å². The van der Waals surface area contributed by atoms with Gasteiger partial charge in [-0.2, -0.15) is 0 Å². The summed E-state index contributed by atoms with van der Waals surface area (Å²) in [6.07, 6.45) is 6.76. The van der Waals surface area contributed by atoms with E-state index in [9.17, 15) is 0 Å². The van der Waals surface area contributed by atoms with Gasteiger partial charge in [0.05, 0.1) is 0 Å². The summed E-state index contributed by atoms with van der Waals surface area (Å²) in [6, 6.07) is 7.13. The summed E-state index contributed by atoms with van der Waals surface area (Å²) in [6.45, 7) is 3.49. The molecular weight excluding hydrogens is 226 g/mol. The molecular formula is C15H19NO2. The van der Waals surface area contributed by atoms with Gasteiger partial charge in [-0.05, 0) is 37.5 Å². The first-order valence-electron chi connectivity index (χ1n) is 6.63. The van der Waals surface area contributed by atoms with Crippen molar-refractivity contribution in [3.63, 3.8) is 0 Å². The quantitative estimate of drug-likeness (QED) is 0.831. The Morgan fingerprint density at radius 2 is 1.83 bits per heavy atom. The molecule has 0 aromatic heterocycles. The molecule has 0 bridgehead atoms. The van der Waals surface area contributed by atoms with Crippen LogP contribution in [0.3, 0.4) is 0 Å². The van der Waals surface area contributed by atoms with Crippen LogP contribution in [0.5, 0.6) is 11.5 Å². The highest BCUT2D eigenvalue weighted by Gasteiger charge is 2.17. The highest BCUT2D eigenvalue weighted by molar-refractivity contribution is 5.44. The zero-order valence-corrected chi connectivity index (χ0v) is 10.7. The van der Waals surface area contributed by atoms with E-state index in [1.807, 2.05) is 6.07 Å². The molecule has 1 N–H and O–H groups in total. The molecule has 1 aromatic rings. The van der Waals surface area contributed by atoms with Crippen LogP contribution in [0.15, 0.2) is 30.4 Å². The Hall–Kier alpha value is -1.48. The standard InChI is InChI=1S/C15H19NO2/c1-11(16-13-4-2-3-5-13)12-6-7-14-15(10-12)18-9-8-17-14/h2-3,6-7,10-11,13,16H,4-5,8-9H2,1H3. The summed E-state index contributed by atoms with van der Waals surface area (Å²) in [5.74, 6) is 1.73. The molecule has 96 valence electrons. The smallest absolute Gasteiger partial charge is 0.161 e. The van der Waals surface area contributed by atoms with Crippen molar-refractivity contribution in [2.24, 2.45) is 0 Å². The van der Waals surface area contributed by atoms with E-state index in [0.717, 1.165) is 24.3 Å². The fourth-order valence-corrected chi connectivity index (χ4v) is 2.53. The summed E-state index contributed by atoms with van der Waals surface area (Å²) in [7, 11) is 0. The van der Waals surface area contributed by atoms with Crippen molar-refractivity contribution in [1.82, 2.24) is 5.32 Å². The van der Waals surface area contributed by atoms with Gasteiger partial charge in [-0.15, -0.1) is 0 Å². The summed E-state index contributed by atoms with van der Waals surface area (Å²) in [5, 5.41) is 3.64. The maximum absolute atomic E-state index is 5.62. The van der Waals surface area contributed by atoms with Crippen LogP contribution < -0.4 is 14.8 Å². The monoisotopic (exact) mass is 245 g/mol. The van der Waals surface area contributed by atoms with Crippen LogP contribution in [0.1, 0.15) is 31.4 Å². The van der Waals surface area contributed by atoms with Gasteiger partial charge in [-0.3, -0.25) is 0 Å². The second-order valence-corrected chi connectivity index (χ2v) is 4.93. The van der Waals surface area contributed by atoms with Gasteiger partial charge in [0.1, 0.15) is 13.2 Å². The number of hydrogen-bond donors (Lipinski definition) is 1. The van der Waals surface area contributed by atoms with E-state index in [1.54, 1.807) is 0 Å². The van der Waals surface area contributed by atoms with E-state index in [1.165, 1.54) is 5.56 Å². The van der Waals surface area contributed by atoms with Gasteiger partial charge in [-0.1, -0.05) is 18.2 Å². The number of nitrogens with one attached hydrogen (secondary N) is 1. The zero-order valence-electron chi connectivity index (χ0n) is 10.7. The topological polar surface area (TPSA) is 30.5 Å². The summed E-state index contributed by atoms with van der Waals surface area (Å²) in [4.78, 5) is 0. The molecule has 0 amide bonds. The number of benzene rings is 1. The summed E-state index contributed by atoms with van der Waals surface area (Å²) >= 11 is 0. The molecule has 1 heterocycles. The lowest BCUT2D eigenvalue weighted by atomic mass is 10.1. The van der Waals surface area contributed by atoms with Crippen molar-refractivity contribution in [2.75, 3.05) is 13.2 Å². The van der Waals surface area contributed by atoms with Gasteiger partial charge in [0.25, 0.3) is 0 Å². The lowest BCUT2D eigenvalue weighted by Crippen LogP contribution is -2.29. The fourth-order valence-electron chi connectivity index (χ4n) is 2.53. The van der Waals surface area contributed by atoms with Gasteiger partial charge < -0.3 is 14.8 Å². The van der Waals surface area contributed by atoms with Crippen LogP contribution >= 0.6 is 0 Å². The first-order chi connectivity index (χ1) is 8.83. The van der Waals surface area contributed by atoms with Crippen molar-refractivity contribution in [2.45, 2.75) is 31.8 Å². The Kier molecular flexibility index (Phi) is 3.24. The lowest BCUT2D eigenvalue weighted by molar-refractivity contribution is 0.171. The number of rotatable bonds is 3. The summed E-state index contributed by atoms with van der Waals surface area (Å²) < 4.78 is 11.2. The Labute approximate surface area is 108 Å². The minimum atomic E-state index is 0.339. The zero-order chi connectivity index (χ0) is 12.4. The third-order valence-corrected chi connectivity index (χ3v) is 3.56. The molecule has 1 aliphatic heterocycles. The van der Waals surface area contributed by atoms with Crippen molar-refractivity contribution >= 4 is 0 Å². The van der Waals surface area contributed by atoms with Crippen LogP contribution in [0.2, 0.25) is 0 Å². The molecule has 0 saturated heterocycles. The molecule has 2 aliphatic rings. The average molecular weight is 245 g/mol. The molecule has 3 rings (SSSR count). The summed E-state index contributed by atoms with van der Waals surface area (Å²) in [5.41, 5.74) is 1.26. The number of ether oxygens (including phenoxy) is 2. The second-order valence-electron chi connectivity index (χ2n) is 4.93. The fraction of sp³-hybridized carbons (Fsp3) is 0.467. The van der Waals surface area contributed by atoms with Crippen LogP contribution in [-0.2, 0) is 0 Å². The largest absolute Gasteiger partial charge is 0.486 e. The predicted molar refractivity (Wildman–Crippen MR) is 71.1 cm³/mol. The molecule has 3 heteroatoms. The molecule has 0 radical (unpaired) electrons. The van der Waals surface area contributed by atoms with Crippen molar-refractivity contribution in [3.05, 3.63) is 35.9 Å². The number of hydrogen-bond acceptors (Lipinski definition) is 3. The maximum atomic E-state index is 5.62. The Balaban J connectivity index is 1.71. The van der Waals surface area contributed by atoms with Gasteiger partial charge in [0.2, 0.25) is 0 Å². The minimum Gasteiger partial charge on any atom is -0.486 e. The van der Waals surface area contributed by atoms with Crippen LogP contribution in [0, 0.1) is 0 Å².